The Bertz CT molecular complexity index is 558. The van der Waals surface area contributed by atoms with Gasteiger partial charge in [0.15, 0.2) is 0 Å². The predicted octanol–water partition coefficient (Wildman–Crippen LogP) is 2.10. The van der Waals surface area contributed by atoms with Crippen LogP contribution in [0, 0.1) is 0 Å². The van der Waals surface area contributed by atoms with Gasteiger partial charge < -0.3 is 4.90 Å². The first-order valence-electron chi connectivity index (χ1n) is 6.59. The Morgan fingerprint density at radius 3 is 2.63 bits per heavy atom. The molecule has 1 aliphatic heterocycles. The Morgan fingerprint density at radius 1 is 1.16 bits per heavy atom. The molecular weight excluding hydrogens is 240 g/mol. The number of nitrogens with one attached hydrogen (secondary N) is 1. The molecule has 1 fully saturated rings. The van der Waals surface area contributed by atoms with Gasteiger partial charge in [0.2, 0.25) is 0 Å². The lowest BCUT2D eigenvalue weighted by molar-refractivity contribution is 0.0719. The Balaban J connectivity index is 1.89. The number of amides is 1. The van der Waals surface area contributed by atoms with Crippen molar-refractivity contribution in [3.05, 3.63) is 36.4 Å². The van der Waals surface area contributed by atoms with Gasteiger partial charge in [0.1, 0.15) is 5.69 Å². The van der Waals surface area contributed by atoms with E-state index in [0.717, 1.165) is 37.1 Å². The maximum atomic E-state index is 12.5. The number of carbonyl (C=O) groups excluding carboxylic acids is 1. The minimum absolute atomic E-state index is 0.0454. The van der Waals surface area contributed by atoms with Crippen molar-refractivity contribution >= 4 is 5.91 Å². The summed E-state index contributed by atoms with van der Waals surface area (Å²) < 4.78 is 0. The van der Waals surface area contributed by atoms with Crippen LogP contribution >= 0.6 is 0 Å². The Kier molecular flexibility index (Phi) is 3.27. The highest BCUT2D eigenvalue weighted by Crippen LogP contribution is 2.23. The first kappa shape index (κ1) is 11.9. The standard InChI is InChI=1S/C14H16N4O/c19-14(18-8-2-1-3-9-18)13-12(10-16-17-13)11-4-6-15-7-5-11/h4-7,10H,1-3,8-9H2,(H,16,17). The summed E-state index contributed by atoms with van der Waals surface area (Å²) in [6.45, 7) is 1.68. The number of rotatable bonds is 2. The summed E-state index contributed by atoms with van der Waals surface area (Å²) >= 11 is 0. The molecule has 0 spiro atoms. The fourth-order valence-corrected chi connectivity index (χ4v) is 2.45. The lowest BCUT2D eigenvalue weighted by atomic mass is 10.1. The van der Waals surface area contributed by atoms with Crippen LogP contribution in [0.4, 0.5) is 0 Å². The molecule has 0 atom stereocenters. The van der Waals surface area contributed by atoms with Crippen molar-refractivity contribution in [2.75, 3.05) is 13.1 Å². The lowest BCUT2D eigenvalue weighted by Gasteiger charge is -2.26. The molecule has 3 rings (SSSR count). The van der Waals surface area contributed by atoms with Gasteiger partial charge in [-0.1, -0.05) is 0 Å². The molecule has 0 radical (unpaired) electrons. The lowest BCUT2D eigenvalue weighted by Crippen LogP contribution is -2.36. The fourth-order valence-electron chi connectivity index (χ4n) is 2.45. The highest BCUT2D eigenvalue weighted by atomic mass is 16.2. The number of H-pyrrole nitrogens is 1. The summed E-state index contributed by atoms with van der Waals surface area (Å²) in [5.41, 5.74) is 2.38. The molecule has 0 aromatic carbocycles. The van der Waals surface area contributed by atoms with Crippen molar-refractivity contribution in [2.24, 2.45) is 0 Å². The molecule has 5 heteroatoms. The number of aromatic amines is 1. The second kappa shape index (κ2) is 5.22. The number of nitrogens with zero attached hydrogens (tertiary/aromatic N) is 3. The molecule has 0 unspecified atom stereocenters. The second-order valence-corrected chi connectivity index (χ2v) is 4.75. The monoisotopic (exact) mass is 256 g/mol. The van der Waals surface area contributed by atoms with Crippen molar-refractivity contribution < 1.29 is 4.79 Å². The number of likely N-dealkylation sites (tertiary alicyclic amines) is 1. The summed E-state index contributed by atoms with van der Waals surface area (Å²) in [6.07, 6.45) is 8.53. The first-order chi connectivity index (χ1) is 9.36. The number of aromatic nitrogens is 3. The van der Waals surface area contributed by atoms with E-state index >= 15 is 0 Å². The molecule has 2 aromatic rings. The van der Waals surface area contributed by atoms with E-state index in [0.29, 0.717) is 5.69 Å². The molecule has 0 saturated carbocycles. The molecule has 1 N–H and O–H groups in total. The first-order valence-corrected chi connectivity index (χ1v) is 6.59. The fraction of sp³-hybridized carbons (Fsp3) is 0.357. The van der Waals surface area contributed by atoms with E-state index in [2.05, 4.69) is 15.2 Å². The third-order valence-electron chi connectivity index (χ3n) is 3.49. The van der Waals surface area contributed by atoms with Crippen molar-refractivity contribution in [1.29, 1.82) is 0 Å². The van der Waals surface area contributed by atoms with Crippen LogP contribution in [0.25, 0.3) is 11.1 Å². The van der Waals surface area contributed by atoms with E-state index in [1.807, 2.05) is 17.0 Å². The summed E-state index contributed by atoms with van der Waals surface area (Å²) in [5.74, 6) is 0.0454. The quantitative estimate of drug-likeness (QED) is 0.895. The van der Waals surface area contributed by atoms with Crippen LogP contribution in [-0.2, 0) is 0 Å². The van der Waals surface area contributed by atoms with E-state index in [4.69, 9.17) is 0 Å². The number of piperidine rings is 1. The van der Waals surface area contributed by atoms with Crippen molar-refractivity contribution in [1.82, 2.24) is 20.1 Å². The van der Waals surface area contributed by atoms with Crippen LogP contribution in [0.5, 0.6) is 0 Å². The van der Waals surface area contributed by atoms with Crippen LogP contribution in [0.1, 0.15) is 29.8 Å². The maximum absolute atomic E-state index is 12.5. The van der Waals surface area contributed by atoms with Crippen LogP contribution in [0.15, 0.2) is 30.7 Å². The molecule has 2 aromatic heterocycles. The number of hydrogen-bond acceptors (Lipinski definition) is 3. The number of carbonyl (C=O) groups is 1. The van der Waals surface area contributed by atoms with E-state index < -0.39 is 0 Å². The van der Waals surface area contributed by atoms with Gasteiger partial charge in [0.25, 0.3) is 5.91 Å². The second-order valence-electron chi connectivity index (χ2n) is 4.75. The minimum Gasteiger partial charge on any atom is -0.337 e. The zero-order valence-electron chi connectivity index (χ0n) is 10.7. The van der Waals surface area contributed by atoms with Crippen molar-refractivity contribution in [2.45, 2.75) is 19.3 Å². The maximum Gasteiger partial charge on any atom is 0.272 e. The summed E-state index contributed by atoms with van der Waals surface area (Å²) in [7, 11) is 0. The largest absolute Gasteiger partial charge is 0.337 e. The number of hydrogen-bond donors (Lipinski definition) is 1. The molecule has 19 heavy (non-hydrogen) atoms. The molecule has 0 bridgehead atoms. The van der Waals surface area contributed by atoms with E-state index in [1.165, 1.54) is 6.42 Å². The van der Waals surface area contributed by atoms with E-state index in [9.17, 15) is 4.79 Å². The topological polar surface area (TPSA) is 61.9 Å². The Hall–Kier alpha value is -2.17. The van der Waals surface area contributed by atoms with Gasteiger partial charge in [0.05, 0.1) is 6.20 Å². The molecule has 1 aliphatic rings. The average Bonchev–Trinajstić information content (AvgIpc) is 2.98. The van der Waals surface area contributed by atoms with Crippen molar-refractivity contribution in [3.63, 3.8) is 0 Å². The van der Waals surface area contributed by atoms with Gasteiger partial charge in [0, 0.05) is 31.0 Å². The molecule has 5 nitrogen and oxygen atoms in total. The Morgan fingerprint density at radius 2 is 1.89 bits per heavy atom. The van der Waals surface area contributed by atoms with Gasteiger partial charge in [-0.15, -0.1) is 0 Å². The van der Waals surface area contributed by atoms with Crippen molar-refractivity contribution in [3.8, 4) is 11.1 Å². The molecule has 98 valence electrons. The molecule has 0 aliphatic carbocycles. The molecule has 3 heterocycles. The van der Waals surface area contributed by atoms with Gasteiger partial charge in [-0.05, 0) is 37.0 Å². The zero-order valence-corrected chi connectivity index (χ0v) is 10.7. The summed E-state index contributed by atoms with van der Waals surface area (Å²) in [4.78, 5) is 18.4. The minimum atomic E-state index is 0.0454. The highest BCUT2D eigenvalue weighted by Gasteiger charge is 2.22. The molecular formula is C14H16N4O. The Labute approximate surface area is 111 Å². The summed E-state index contributed by atoms with van der Waals surface area (Å²) in [6, 6.07) is 3.77. The van der Waals surface area contributed by atoms with Gasteiger partial charge in [-0.25, -0.2) is 0 Å². The smallest absolute Gasteiger partial charge is 0.272 e. The predicted molar refractivity (Wildman–Crippen MR) is 71.6 cm³/mol. The van der Waals surface area contributed by atoms with E-state index in [1.54, 1.807) is 18.6 Å². The average molecular weight is 256 g/mol. The van der Waals surface area contributed by atoms with E-state index in [-0.39, 0.29) is 5.91 Å². The highest BCUT2D eigenvalue weighted by molar-refractivity contribution is 5.98. The van der Waals surface area contributed by atoms with Crippen LogP contribution in [0.3, 0.4) is 0 Å². The summed E-state index contributed by atoms with van der Waals surface area (Å²) in [5, 5.41) is 6.86. The molecule has 1 amide bonds. The van der Waals surface area contributed by atoms with Gasteiger partial charge in [-0.3, -0.25) is 14.9 Å². The zero-order chi connectivity index (χ0) is 13.1. The molecule has 1 saturated heterocycles. The third-order valence-corrected chi connectivity index (χ3v) is 3.49. The van der Waals surface area contributed by atoms with Crippen LogP contribution in [0.2, 0.25) is 0 Å². The van der Waals surface area contributed by atoms with Gasteiger partial charge in [-0.2, -0.15) is 5.10 Å². The SMILES string of the molecule is O=C(c1[nH]ncc1-c1ccncc1)N1CCCCC1. The van der Waals surface area contributed by atoms with Gasteiger partial charge >= 0.3 is 0 Å². The van der Waals surface area contributed by atoms with Crippen LogP contribution < -0.4 is 0 Å². The third kappa shape index (κ3) is 2.36. The number of pyridine rings is 1. The normalized spacial score (nSPS) is 15.5. The van der Waals surface area contributed by atoms with Crippen LogP contribution in [-0.4, -0.2) is 39.1 Å².